The number of halogens is 1. The van der Waals surface area contributed by atoms with Gasteiger partial charge in [-0.3, -0.25) is 4.57 Å². The number of aromatic nitrogens is 1. The largest absolute Gasteiger partial charge is 0.494 e. The van der Waals surface area contributed by atoms with Crippen LogP contribution >= 0.6 is 0 Å². The van der Waals surface area contributed by atoms with Gasteiger partial charge in [0, 0.05) is 0 Å². The average Bonchev–Trinajstić information content (AvgIpc) is 3.08. The van der Waals surface area contributed by atoms with Crippen molar-refractivity contribution in [1.29, 1.82) is 0 Å². The first-order valence-electron chi connectivity index (χ1n) is 6.66. The minimum Gasteiger partial charge on any atom is -0.494 e. The van der Waals surface area contributed by atoms with Crippen LogP contribution < -0.4 is 0 Å². The van der Waals surface area contributed by atoms with Crippen LogP contribution in [0.25, 0.3) is 5.69 Å². The van der Waals surface area contributed by atoms with Crippen molar-refractivity contribution in [2.75, 3.05) is 0 Å². The van der Waals surface area contributed by atoms with E-state index in [9.17, 15) is 14.6 Å². The second kappa shape index (κ2) is 3.76. The number of hydrogen-bond donors (Lipinski definition) is 2. The Kier molecular flexibility index (Phi) is 2.22. The number of hydrogen-bond acceptors (Lipinski definition) is 3. The minimum atomic E-state index is -0.309. The Labute approximate surface area is 115 Å². The zero-order chi connectivity index (χ0) is 14.0. The monoisotopic (exact) mass is 275 g/mol. The number of aromatic hydroxyl groups is 2. The number of benzene rings is 1. The van der Waals surface area contributed by atoms with Crippen molar-refractivity contribution in [1.82, 2.24) is 4.57 Å². The topological polar surface area (TPSA) is 54.6 Å². The molecule has 2 aliphatic heterocycles. The maximum absolute atomic E-state index is 13.4. The van der Waals surface area contributed by atoms with Crippen molar-refractivity contribution in [2.24, 2.45) is 0 Å². The molecule has 2 aliphatic rings. The van der Waals surface area contributed by atoms with Gasteiger partial charge in [0.25, 0.3) is 0 Å². The Morgan fingerprint density at radius 2 is 1.75 bits per heavy atom. The first kappa shape index (κ1) is 11.8. The fraction of sp³-hybridized carbons (Fsp3) is 0.333. The van der Waals surface area contributed by atoms with E-state index >= 15 is 0 Å². The van der Waals surface area contributed by atoms with Crippen LogP contribution in [0.5, 0.6) is 11.8 Å². The molecule has 1 fully saturated rings. The van der Waals surface area contributed by atoms with Crippen LogP contribution in [0.1, 0.15) is 41.7 Å². The molecule has 2 aromatic rings. The molecule has 0 unspecified atom stereocenters. The molecular formula is C15H14FNO3. The lowest BCUT2D eigenvalue weighted by Crippen LogP contribution is -1.97. The van der Waals surface area contributed by atoms with Crippen molar-refractivity contribution < 1.29 is 19.3 Å². The summed E-state index contributed by atoms with van der Waals surface area (Å²) >= 11 is 0. The molecule has 0 radical (unpaired) electrons. The highest BCUT2D eigenvalue weighted by molar-refractivity contribution is 5.57. The van der Waals surface area contributed by atoms with E-state index < -0.39 is 0 Å². The second-order valence-corrected chi connectivity index (χ2v) is 5.43. The molecule has 2 N–H and O–H groups in total. The van der Waals surface area contributed by atoms with Gasteiger partial charge in [0.05, 0.1) is 29.0 Å². The molecule has 5 heteroatoms. The summed E-state index contributed by atoms with van der Waals surface area (Å²) in [6.07, 6.45) is 1.45. The summed E-state index contributed by atoms with van der Waals surface area (Å²) in [5.74, 6) is -0.317. The van der Waals surface area contributed by atoms with Crippen LogP contribution in [0.15, 0.2) is 18.2 Å². The molecule has 20 heavy (non-hydrogen) atoms. The van der Waals surface area contributed by atoms with Gasteiger partial charge in [-0.25, -0.2) is 4.39 Å². The standard InChI is InChI=1S/C15H14FNO3/c1-7-6-8(2-3-9(7)16)17-14(18)12-10-4-5-11(20-10)13(12)15(17)19/h2-3,6,10-11,18-19H,4-5H2,1H3/t10-,11+. The molecule has 4 nitrogen and oxygen atoms in total. The molecule has 0 spiro atoms. The Hall–Kier alpha value is -2.01. The predicted molar refractivity (Wildman–Crippen MR) is 69.6 cm³/mol. The highest BCUT2D eigenvalue weighted by atomic mass is 19.1. The number of fused-ring (bicyclic) bond motifs is 5. The van der Waals surface area contributed by atoms with Crippen LogP contribution in [0.2, 0.25) is 0 Å². The summed E-state index contributed by atoms with van der Waals surface area (Å²) in [7, 11) is 0. The van der Waals surface area contributed by atoms with Crippen molar-refractivity contribution in [2.45, 2.75) is 32.0 Å². The molecule has 3 heterocycles. The summed E-state index contributed by atoms with van der Waals surface area (Å²) in [6.45, 7) is 1.65. The van der Waals surface area contributed by atoms with E-state index in [0.717, 1.165) is 12.8 Å². The van der Waals surface area contributed by atoms with E-state index in [4.69, 9.17) is 4.74 Å². The number of ether oxygens (including phenoxy) is 1. The van der Waals surface area contributed by atoms with Gasteiger partial charge >= 0.3 is 0 Å². The smallest absolute Gasteiger partial charge is 0.205 e. The highest BCUT2D eigenvalue weighted by Crippen LogP contribution is 2.58. The fourth-order valence-electron chi connectivity index (χ4n) is 3.29. The summed E-state index contributed by atoms with van der Waals surface area (Å²) in [4.78, 5) is 0. The van der Waals surface area contributed by atoms with Gasteiger partial charge in [-0.1, -0.05) is 0 Å². The van der Waals surface area contributed by atoms with Crippen molar-refractivity contribution >= 4 is 0 Å². The maximum Gasteiger partial charge on any atom is 0.205 e. The molecule has 0 amide bonds. The summed E-state index contributed by atoms with van der Waals surface area (Å²) in [5, 5.41) is 20.8. The van der Waals surface area contributed by atoms with Gasteiger partial charge in [-0.05, 0) is 43.5 Å². The summed E-state index contributed by atoms with van der Waals surface area (Å²) < 4.78 is 20.4. The first-order valence-corrected chi connectivity index (χ1v) is 6.66. The first-order chi connectivity index (χ1) is 9.58. The highest BCUT2D eigenvalue weighted by Gasteiger charge is 2.45. The molecule has 1 saturated heterocycles. The zero-order valence-electron chi connectivity index (χ0n) is 10.9. The quantitative estimate of drug-likeness (QED) is 0.840. The number of nitrogens with zero attached hydrogens (tertiary/aromatic N) is 1. The van der Waals surface area contributed by atoms with Gasteiger partial charge in [-0.2, -0.15) is 0 Å². The van der Waals surface area contributed by atoms with E-state index in [1.54, 1.807) is 19.1 Å². The molecule has 0 saturated carbocycles. The summed E-state index contributed by atoms with van der Waals surface area (Å²) in [6, 6.07) is 4.48. The lowest BCUT2D eigenvalue weighted by Gasteiger charge is -2.11. The van der Waals surface area contributed by atoms with Gasteiger partial charge < -0.3 is 14.9 Å². The Morgan fingerprint density at radius 1 is 1.15 bits per heavy atom. The zero-order valence-corrected chi connectivity index (χ0v) is 10.9. The van der Waals surface area contributed by atoms with Gasteiger partial charge in [-0.15, -0.1) is 0 Å². The molecule has 4 rings (SSSR count). The van der Waals surface area contributed by atoms with Crippen LogP contribution in [-0.2, 0) is 4.74 Å². The fourth-order valence-corrected chi connectivity index (χ4v) is 3.29. The molecule has 1 aromatic carbocycles. The van der Waals surface area contributed by atoms with Crippen molar-refractivity contribution in [3.63, 3.8) is 0 Å². The maximum atomic E-state index is 13.4. The molecule has 1 aromatic heterocycles. The van der Waals surface area contributed by atoms with Crippen LogP contribution in [-0.4, -0.2) is 14.8 Å². The minimum absolute atomic E-state index is 0.00397. The van der Waals surface area contributed by atoms with Gasteiger partial charge in [0.15, 0.2) is 0 Å². The van der Waals surface area contributed by atoms with Gasteiger partial charge in [0.1, 0.15) is 5.82 Å². The molecule has 0 aliphatic carbocycles. The van der Waals surface area contributed by atoms with E-state index in [1.807, 2.05) is 0 Å². The van der Waals surface area contributed by atoms with Crippen LogP contribution in [0.3, 0.4) is 0 Å². The second-order valence-electron chi connectivity index (χ2n) is 5.43. The molecular weight excluding hydrogens is 261 g/mol. The Balaban J connectivity index is 1.94. The molecule has 2 atom stereocenters. The Morgan fingerprint density at radius 3 is 2.30 bits per heavy atom. The lowest BCUT2D eigenvalue weighted by molar-refractivity contribution is 0.0683. The van der Waals surface area contributed by atoms with Crippen molar-refractivity contribution in [3.05, 3.63) is 40.7 Å². The van der Waals surface area contributed by atoms with E-state index in [-0.39, 0.29) is 29.8 Å². The van der Waals surface area contributed by atoms with Gasteiger partial charge in [0.2, 0.25) is 11.8 Å². The third-order valence-electron chi connectivity index (χ3n) is 4.26. The van der Waals surface area contributed by atoms with Crippen LogP contribution in [0, 0.1) is 12.7 Å². The predicted octanol–water partition coefficient (Wildman–Crippen LogP) is 3.24. The molecule has 104 valence electrons. The molecule has 2 bridgehead atoms. The van der Waals surface area contributed by atoms with E-state index in [0.29, 0.717) is 22.4 Å². The van der Waals surface area contributed by atoms with Crippen molar-refractivity contribution in [3.8, 4) is 17.4 Å². The third-order valence-corrected chi connectivity index (χ3v) is 4.26. The third kappa shape index (κ3) is 1.33. The van der Waals surface area contributed by atoms with Crippen LogP contribution in [0.4, 0.5) is 4.39 Å². The SMILES string of the molecule is Cc1cc(-n2c(O)c3c(c2O)[C@H]2CC[C@@H]3O2)ccc1F. The van der Waals surface area contributed by atoms with E-state index in [1.165, 1.54) is 10.6 Å². The number of aryl methyl sites for hydroxylation is 1. The average molecular weight is 275 g/mol. The summed E-state index contributed by atoms with van der Waals surface area (Å²) in [5.41, 5.74) is 2.38. The number of rotatable bonds is 1. The normalized spacial score (nSPS) is 23.3. The Bertz CT molecular complexity index is 689. The van der Waals surface area contributed by atoms with E-state index in [2.05, 4.69) is 0 Å². The lowest BCUT2D eigenvalue weighted by atomic mass is 9.95.